The van der Waals surface area contributed by atoms with Gasteiger partial charge in [-0.25, -0.2) is 4.98 Å². The van der Waals surface area contributed by atoms with E-state index in [-0.39, 0.29) is 11.9 Å². The highest BCUT2D eigenvalue weighted by atomic mass is 32.1. The predicted octanol–water partition coefficient (Wildman–Crippen LogP) is 0.962. The highest BCUT2D eigenvalue weighted by Crippen LogP contribution is 2.19. The van der Waals surface area contributed by atoms with E-state index in [4.69, 9.17) is 0 Å². The molecular formula is C9H14N4OS. The van der Waals surface area contributed by atoms with Crippen molar-refractivity contribution in [1.82, 2.24) is 14.7 Å². The van der Waals surface area contributed by atoms with Gasteiger partial charge < -0.3 is 10.6 Å². The molecule has 0 aliphatic carbocycles. The van der Waals surface area contributed by atoms with Crippen molar-refractivity contribution in [1.29, 1.82) is 0 Å². The molecule has 1 aromatic rings. The Labute approximate surface area is 92.5 Å². The molecule has 0 spiro atoms. The summed E-state index contributed by atoms with van der Waals surface area (Å²) in [5.74, 6) is 1.31. The van der Waals surface area contributed by atoms with Gasteiger partial charge in [0, 0.05) is 30.4 Å². The second-order valence-electron chi connectivity index (χ2n) is 3.96. The number of carbonyl (C=O) groups is 1. The van der Waals surface area contributed by atoms with E-state index in [1.807, 2.05) is 0 Å². The highest BCUT2D eigenvalue weighted by Gasteiger charge is 2.22. The van der Waals surface area contributed by atoms with Crippen molar-refractivity contribution in [2.45, 2.75) is 32.2 Å². The maximum absolute atomic E-state index is 11.0. The van der Waals surface area contributed by atoms with Crippen LogP contribution in [0.3, 0.4) is 0 Å². The predicted molar refractivity (Wildman–Crippen MR) is 59.0 cm³/mol. The van der Waals surface area contributed by atoms with Crippen molar-refractivity contribution in [3.63, 3.8) is 0 Å². The summed E-state index contributed by atoms with van der Waals surface area (Å²) in [6, 6.07) is 0.158. The largest absolute Gasteiger partial charge is 0.355 e. The van der Waals surface area contributed by atoms with E-state index in [2.05, 4.69) is 33.8 Å². The van der Waals surface area contributed by atoms with Gasteiger partial charge in [-0.3, -0.25) is 4.79 Å². The van der Waals surface area contributed by atoms with Crippen LogP contribution in [0.1, 0.15) is 32.0 Å². The summed E-state index contributed by atoms with van der Waals surface area (Å²) in [5, 5.41) is 6.79. The van der Waals surface area contributed by atoms with Crippen LogP contribution in [0, 0.1) is 0 Å². The van der Waals surface area contributed by atoms with Gasteiger partial charge in [-0.05, 0) is 0 Å². The fourth-order valence-corrected chi connectivity index (χ4v) is 2.20. The normalized spacial score (nSPS) is 20.7. The van der Waals surface area contributed by atoms with Gasteiger partial charge in [0.1, 0.15) is 5.82 Å². The molecule has 15 heavy (non-hydrogen) atoms. The van der Waals surface area contributed by atoms with Crippen molar-refractivity contribution in [2.75, 3.05) is 11.9 Å². The zero-order valence-electron chi connectivity index (χ0n) is 8.78. The Balaban J connectivity index is 1.96. The van der Waals surface area contributed by atoms with E-state index >= 15 is 0 Å². The van der Waals surface area contributed by atoms with Crippen LogP contribution < -0.4 is 10.6 Å². The molecule has 1 fully saturated rings. The van der Waals surface area contributed by atoms with Crippen LogP contribution in [0.4, 0.5) is 5.13 Å². The van der Waals surface area contributed by atoms with Gasteiger partial charge in [0.2, 0.25) is 11.0 Å². The molecule has 1 aliphatic rings. The maximum Gasteiger partial charge on any atom is 0.222 e. The lowest BCUT2D eigenvalue weighted by molar-refractivity contribution is -0.119. The number of aromatic nitrogens is 2. The molecule has 0 aromatic carbocycles. The standard InChI is InChI=1S/C9H14N4OS/c1-5(2)8-12-9(15-13-8)11-6-3-7(14)10-4-6/h5-6H,3-4H2,1-2H3,(H,10,14)(H,11,12,13). The lowest BCUT2D eigenvalue weighted by Crippen LogP contribution is -2.22. The summed E-state index contributed by atoms with van der Waals surface area (Å²) in [6.07, 6.45) is 0.524. The number of carbonyl (C=O) groups excluding carboxylic acids is 1. The van der Waals surface area contributed by atoms with E-state index < -0.39 is 0 Å². The zero-order chi connectivity index (χ0) is 10.8. The molecule has 1 saturated heterocycles. The van der Waals surface area contributed by atoms with Gasteiger partial charge in [0.05, 0.1) is 6.04 Å². The smallest absolute Gasteiger partial charge is 0.222 e. The highest BCUT2D eigenvalue weighted by molar-refractivity contribution is 7.09. The zero-order valence-corrected chi connectivity index (χ0v) is 9.60. The molecule has 0 saturated carbocycles. The lowest BCUT2D eigenvalue weighted by atomic mass is 10.2. The Kier molecular flexibility index (Phi) is 2.86. The Hall–Kier alpha value is -1.17. The molecule has 82 valence electrons. The summed E-state index contributed by atoms with van der Waals surface area (Å²) < 4.78 is 4.24. The van der Waals surface area contributed by atoms with Crippen molar-refractivity contribution >= 4 is 22.6 Å². The Morgan fingerprint density at radius 3 is 2.93 bits per heavy atom. The molecule has 0 radical (unpaired) electrons. The average Bonchev–Trinajstić information content (AvgIpc) is 2.76. The number of hydrogen-bond donors (Lipinski definition) is 2. The number of rotatable bonds is 3. The van der Waals surface area contributed by atoms with Crippen molar-refractivity contribution in [3.05, 3.63) is 5.82 Å². The van der Waals surface area contributed by atoms with Gasteiger partial charge in [-0.1, -0.05) is 13.8 Å². The number of hydrogen-bond acceptors (Lipinski definition) is 5. The summed E-state index contributed by atoms with van der Waals surface area (Å²) in [5.41, 5.74) is 0. The van der Waals surface area contributed by atoms with Gasteiger partial charge in [-0.15, -0.1) is 0 Å². The molecule has 5 nitrogen and oxygen atoms in total. The molecule has 1 atom stereocenters. The van der Waals surface area contributed by atoms with Crippen molar-refractivity contribution < 1.29 is 4.79 Å². The second-order valence-corrected chi connectivity index (χ2v) is 4.71. The van der Waals surface area contributed by atoms with E-state index in [0.29, 0.717) is 18.9 Å². The first kappa shape index (κ1) is 10.4. The van der Waals surface area contributed by atoms with E-state index in [1.165, 1.54) is 11.5 Å². The van der Waals surface area contributed by atoms with Crippen molar-refractivity contribution in [3.8, 4) is 0 Å². The van der Waals surface area contributed by atoms with Gasteiger partial charge in [0.25, 0.3) is 0 Å². The summed E-state index contributed by atoms with van der Waals surface area (Å²) >= 11 is 1.35. The first-order chi connectivity index (χ1) is 7.15. The first-order valence-corrected chi connectivity index (χ1v) is 5.79. The molecule has 6 heteroatoms. The van der Waals surface area contributed by atoms with Crippen LogP contribution in [-0.2, 0) is 4.79 Å². The third-order valence-electron chi connectivity index (χ3n) is 2.26. The molecular weight excluding hydrogens is 212 g/mol. The van der Waals surface area contributed by atoms with Gasteiger partial charge in [0.15, 0.2) is 0 Å². The fourth-order valence-electron chi connectivity index (χ4n) is 1.41. The Morgan fingerprint density at radius 1 is 1.60 bits per heavy atom. The maximum atomic E-state index is 11.0. The van der Waals surface area contributed by atoms with E-state index in [0.717, 1.165) is 11.0 Å². The molecule has 1 aliphatic heterocycles. The van der Waals surface area contributed by atoms with Crippen LogP contribution in [0.25, 0.3) is 0 Å². The fraction of sp³-hybridized carbons (Fsp3) is 0.667. The molecule has 1 unspecified atom stereocenters. The molecule has 1 aromatic heterocycles. The number of nitrogens with zero attached hydrogens (tertiary/aromatic N) is 2. The van der Waals surface area contributed by atoms with Crippen LogP contribution in [0.15, 0.2) is 0 Å². The minimum absolute atomic E-state index is 0.0982. The first-order valence-electron chi connectivity index (χ1n) is 5.02. The second kappa shape index (κ2) is 4.14. The molecule has 2 heterocycles. The summed E-state index contributed by atoms with van der Waals surface area (Å²) in [6.45, 7) is 4.80. The number of amides is 1. The van der Waals surface area contributed by atoms with Crippen LogP contribution >= 0.6 is 11.5 Å². The Morgan fingerprint density at radius 2 is 2.40 bits per heavy atom. The SMILES string of the molecule is CC(C)c1nsc(NC2CNC(=O)C2)n1. The van der Waals surface area contributed by atoms with Crippen LogP contribution in [-0.4, -0.2) is 27.9 Å². The Bertz CT molecular complexity index is 363. The minimum atomic E-state index is 0.0982. The summed E-state index contributed by atoms with van der Waals surface area (Å²) in [4.78, 5) is 15.3. The third kappa shape index (κ3) is 2.44. The van der Waals surface area contributed by atoms with E-state index in [9.17, 15) is 4.79 Å². The quantitative estimate of drug-likeness (QED) is 0.805. The third-order valence-corrected chi connectivity index (χ3v) is 2.92. The molecule has 0 bridgehead atoms. The summed E-state index contributed by atoms with van der Waals surface area (Å²) in [7, 11) is 0. The lowest BCUT2D eigenvalue weighted by Gasteiger charge is -2.06. The van der Waals surface area contributed by atoms with Crippen LogP contribution in [0.5, 0.6) is 0 Å². The van der Waals surface area contributed by atoms with E-state index in [1.54, 1.807) is 0 Å². The number of nitrogens with one attached hydrogen (secondary N) is 2. The monoisotopic (exact) mass is 226 g/mol. The van der Waals surface area contributed by atoms with Crippen LogP contribution in [0.2, 0.25) is 0 Å². The average molecular weight is 226 g/mol. The number of anilines is 1. The molecule has 2 N–H and O–H groups in total. The molecule has 1 amide bonds. The topological polar surface area (TPSA) is 66.9 Å². The van der Waals surface area contributed by atoms with Gasteiger partial charge in [-0.2, -0.15) is 4.37 Å². The van der Waals surface area contributed by atoms with Crippen molar-refractivity contribution in [2.24, 2.45) is 0 Å². The van der Waals surface area contributed by atoms with Gasteiger partial charge >= 0.3 is 0 Å². The molecule has 2 rings (SSSR count). The minimum Gasteiger partial charge on any atom is -0.355 e.